The van der Waals surface area contributed by atoms with Crippen LogP contribution < -0.4 is 5.32 Å². The number of nitrogens with one attached hydrogen (secondary N) is 1. The number of rotatable bonds is 6. The van der Waals surface area contributed by atoms with E-state index >= 15 is 0 Å². The highest BCUT2D eigenvalue weighted by Crippen LogP contribution is 2.26. The van der Waals surface area contributed by atoms with Crippen LogP contribution in [0.25, 0.3) is 0 Å². The molecule has 0 bridgehead atoms. The summed E-state index contributed by atoms with van der Waals surface area (Å²) in [6, 6.07) is 9.15. The molecule has 1 aromatic carbocycles. The van der Waals surface area contributed by atoms with E-state index in [1.54, 1.807) is 0 Å². The van der Waals surface area contributed by atoms with Gasteiger partial charge in [0.25, 0.3) is 0 Å². The van der Waals surface area contributed by atoms with E-state index in [0.717, 1.165) is 12.3 Å². The summed E-state index contributed by atoms with van der Waals surface area (Å²) >= 11 is 1.92. The lowest BCUT2D eigenvalue weighted by molar-refractivity contribution is 0.564. The van der Waals surface area contributed by atoms with Crippen molar-refractivity contribution in [1.82, 2.24) is 5.32 Å². The van der Waals surface area contributed by atoms with Gasteiger partial charge in [0, 0.05) is 10.9 Å². The average molecular weight is 223 g/mol. The van der Waals surface area contributed by atoms with Crippen LogP contribution in [-0.4, -0.2) is 12.3 Å². The Kier molecular flexibility index (Phi) is 5.81. The Bertz CT molecular complexity index is 286. The first-order valence-corrected chi connectivity index (χ1v) is 6.73. The summed E-state index contributed by atoms with van der Waals surface area (Å²) in [5.41, 5.74) is 1.43. The molecule has 2 heteroatoms. The molecule has 0 saturated heterocycles. The standard InChI is InChI=1S/C13H21NS/c1-4-10-14-11(3)12-8-6-7-9-13(12)15-5-2/h6-9,11,14H,4-5,10H2,1-3H3. The molecule has 0 saturated carbocycles. The van der Waals surface area contributed by atoms with Crippen LogP contribution in [0.4, 0.5) is 0 Å². The van der Waals surface area contributed by atoms with Gasteiger partial charge < -0.3 is 5.32 Å². The molecular formula is C13H21NS. The van der Waals surface area contributed by atoms with Crippen LogP contribution in [0.5, 0.6) is 0 Å². The number of hydrogen-bond acceptors (Lipinski definition) is 2. The summed E-state index contributed by atoms with van der Waals surface area (Å²) in [7, 11) is 0. The fourth-order valence-electron chi connectivity index (χ4n) is 1.60. The SMILES string of the molecule is CCCNC(C)c1ccccc1SCC. The third-order valence-electron chi connectivity index (χ3n) is 2.39. The van der Waals surface area contributed by atoms with Crippen molar-refractivity contribution >= 4 is 11.8 Å². The summed E-state index contributed by atoms with van der Waals surface area (Å²) in [5.74, 6) is 1.14. The smallest absolute Gasteiger partial charge is 0.0302 e. The lowest BCUT2D eigenvalue weighted by Gasteiger charge is -2.17. The zero-order valence-electron chi connectivity index (χ0n) is 9.92. The van der Waals surface area contributed by atoms with E-state index in [-0.39, 0.29) is 0 Å². The van der Waals surface area contributed by atoms with Gasteiger partial charge in [-0.2, -0.15) is 0 Å². The first-order valence-electron chi connectivity index (χ1n) is 5.74. The van der Waals surface area contributed by atoms with Crippen LogP contribution in [0.15, 0.2) is 29.2 Å². The molecule has 1 unspecified atom stereocenters. The van der Waals surface area contributed by atoms with Crippen LogP contribution in [0.3, 0.4) is 0 Å². The monoisotopic (exact) mass is 223 g/mol. The van der Waals surface area contributed by atoms with Crippen molar-refractivity contribution in [3.05, 3.63) is 29.8 Å². The van der Waals surface area contributed by atoms with Crippen molar-refractivity contribution in [2.75, 3.05) is 12.3 Å². The maximum Gasteiger partial charge on any atom is 0.0302 e. The van der Waals surface area contributed by atoms with Crippen molar-refractivity contribution in [3.8, 4) is 0 Å². The quantitative estimate of drug-likeness (QED) is 0.735. The predicted octanol–water partition coefficient (Wildman–Crippen LogP) is 3.86. The van der Waals surface area contributed by atoms with Gasteiger partial charge in [-0.15, -0.1) is 11.8 Å². The Morgan fingerprint density at radius 1 is 1.27 bits per heavy atom. The molecule has 0 spiro atoms. The zero-order chi connectivity index (χ0) is 11.1. The van der Waals surface area contributed by atoms with E-state index in [0.29, 0.717) is 6.04 Å². The normalized spacial score (nSPS) is 12.7. The minimum Gasteiger partial charge on any atom is -0.310 e. The number of hydrogen-bond donors (Lipinski definition) is 1. The first-order chi connectivity index (χ1) is 7.29. The van der Waals surface area contributed by atoms with Crippen LogP contribution >= 0.6 is 11.8 Å². The van der Waals surface area contributed by atoms with Gasteiger partial charge in [-0.25, -0.2) is 0 Å². The van der Waals surface area contributed by atoms with Crippen LogP contribution in [0.2, 0.25) is 0 Å². The fraction of sp³-hybridized carbons (Fsp3) is 0.538. The topological polar surface area (TPSA) is 12.0 Å². The van der Waals surface area contributed by atoms with E-state index in [1.165, 1.54) is 16.9 Å². The predicted molar refractivity (Wildman–Crippen MR) is 69.5 cm³/mol. The van der Waals surface area contributed by atoms with Gasteiger partial charge in [0.15, 0.2) is 0 Å². The van der Waals surface area contributed by atoms with Crippen molar-refractivity contribution in [2.24, 2.45) is 0 Å². The molecule has 0 aliphatic rings. The van der Waals surface area contributed by atoms with Gasteiger partial charge in [-0.1, -0.05) is 32.0 Å². The van der Waals surface area contributed by atoms with Crippen molar-refractivity contribution in [1.29, 1.82) is 0 Å². The van der Waals surface area contributed by atoms with E-state index in [1.807, 2.05) is 11.8 Å². The van der Waals surface area contributed by atoms with Gasteiger partial charge in [-0.05, 0) is 37.3 Å². The van der Waals surface area contributed by atoms with Crippen LogP contribution in [-0.2, 0) is 0 Å². The Hall–Kier alpha value is -0.470. The Morgan fingerprint density at radius 2 is 2.00 bits per heavy atom. The highest BCUT2D eigenvalue weighted by atomic mass is 32.2. The summed E-state index contributed by atoms with van der Waals surface area (Å²) < 4.78 is 0. The molecule has 1 N–H and O–H groups in total. The molecule has 0 amide bonds. The molecule has 1 aromatic rings. The molecule has 84 valence electrons. The second-order valence-corrected chi connectivity index (χ2v) is 4.95. The minimum atomic E-state index is 0.459. The highest BCUT2D eigenvalue weighted by Gasteiger charge is 2.08. The Balaban J connectivity index is 2.72. The van der Waals surface area contributed by atoms with Gasteiger partial charge >= 0.3 is 0 Å². The Morgan fingerprint density at radius 3 is 2.67 bits per heavy atom. The molecule has 1 rings (SSSR count). The zero-order valence-corrected chi connectivity index (χ0v) is 10.7. The van der Waals surface area contributed by atoms with E-state index in [4.69, 9.17) is 0 Å². The summed E-state index contributed by atoms with van der Waals surface area (Å²) in [5, 5.41) is 3.53. The molecule has 0 fully saturated rings. The maximum atomic E-state index is 3.53. The third kappa shape index (κ3) is 3.88. The van der Waals surface area contributed by atoms with Crippen LogP contribution in [0.1, 0.15) is 38.8 Å². The summed E-state index contributed by atoms with van der Waals surface area (Å²) in [6.45, 7) is 7.73. The minimum absolute atomic E-state index is 0.459. The molecule has 1 nitrogen and oxygen atoms in total. The van der Waals surface area contributed by atoms with Crippen molar-refractivity contribution in [3.63, 3.8) is 0 Å². The number of thioether (sulfide) groups is 1. The molecule has 0 radical (unpaired) electrons. The average Bonchev–Trinajstić information content (AvgIpc) is 2.27. The molecule has 1 atom stereocenters. The molecule has 0 heterocycles. The summed E-state index contributed by atoms with van der Waals surface area (Å²) in [4.78, 5) is 1.41. The van der Waals surface area contributed by atoms with Crippen molar-refractivity contribution in [2.45, 2.75) is 38.1 Å². The van der Waals surface area contributed by atoms with E-state index < -0.39 is 0 Å². The van der Waals surface area contributed by atoms with Gasteiger partial charge in [0.1, 0.15) is 0 Å². The lowest BCUT2D eigenvalue weighted by atomic mass is 10.1. The van der Waals surface area contributed by atoms with E-state index in [9.17, 15) is 0 Å². The van der Waals surface area contributed by atoms with Gasteiger partial charge in [0.2, 0.25) is 0 Å². The van der Waals surface area contributed by atoms with Crippen LogP contribution in [0, 0.1) is 0 Å². The molecular weight excluding hydrogens is 202 g/mol. The molecule has 0 aliphatic heterocycles. The number of benzene rings is 1. The third-order valence-corrected chi connectivity index (χ3v) is 3.36. The largest absolute Gasteiger partial charge is 0.310 e. The van der Waals surface area contributed by atoms with E-state index in [2.05, 4.69) is 50.4 Å². The fourth-order valence-corrected chi connectivity index (χ4v) is 2.49. The summed E-state index contributed by atoms with van der Waals surface area (Å²) in [6.07, 6.45) is 1.19. The first kappa shape index (κ1) is 12.6. The second-order valence-electron chi connectivity index (χ2n) is 3.65. The van der Waals surface area contributed by atoms with Crippen molar-refractivity contribution < 1.29 is 0 Å². The molecule has 0 aromatic heterocycles. The maximum absolute atomic E-state index is 3.53. The second kappa shape index (κ2) is 6.91. The lowest BCUT2D eigenvalue weighted by Crippen LogP contribution is -2.19. The van der Waals surface area contributed by atoms with Gasteiger partial charge in [0.05, 0.1) is 0 Å². The Labute approximate surface area is 97.7 Å². The highest BCUT2D eigenvalue weighted by molar-refractivity contribution is 7.99. The van der Waals surface area contributed by atoms with Gasteiger partial charge in [-0.3, -0.25) is 0 Å². The molecule has 15 heavy (non-hydrogen) atoms. The molecule has 0 aliphatic carbocycles.